The number of pyridine rings is 1. The van der Waals surface area contributed by atoms with E-state index < -0.39 is 0 Å². The van der Waals surface area contributed by atoms with Crippen molar-refractivity contribution in [1.82, 2.24) is 4.98 Å². The molecule has 0 atom stereocenters. The smallest absolute Gasteiger partial charge is 0.0400 e. The van der Waals surface area contributed by atoms with Crippen molar-refractivity contribution in [2.24, 2.45) is 0 Å². The predicted molar refractivity (Wildman–Crippen MR) is 72.5 cm³/mol. The van der Waals surface area contributed by atoms with Gasteiger partial charge >= 0.3 is 0 Å². The van der Waals surface area contributed by atoms with E-state index in [0.29, 0.717) is 0 Å². The van der Waals surface area contributed by atoms with Crippen molar-refractivity contribution in [3.8, 4) is 0 Å². The Hall–Kier alpha value is -1.25. The van der Waals surface area contributed by atoms with Gasteiger partial charge in [-0.05, 0) is 17.7 Å². The molecule has 0 aliphatic carbocycles. The minimum absolute atomic E-state index is 0. The van der Waals surface area contributed by atoms with E-state index in [2.05, 4.69) is 22.4 Å². The molecule has 2 nitrogen and oxygen atoms in total. The van der Waals surface area contributed by atoms with Crippen molar-refractivity contribution >= 4 is 30.5 Å². The Labute approximate surface area is 108 Å². The highest BCUT2D eigenvalue weighted by atomic mass is 35.5. The van der Waals surface area contributed by atoms with E-state index in [1.807, 2.05) is 30.3 Å². The molecule has 0 aliphatic heterocycles. The predicted octanol–water partition coefficient (Wildman–Crippen LogP) is 3.54. The molecule has 2 rings (SSSR count). The maximum Gasteiger partial charge on any atom is 0.0400 e. The molecule has 0 aliphatic rings. The van der Waals surface area contributed by atoms with Crippen LogP contribution in [0.4, 0.5) is 5.69 Å². The minimum atomic E-state index is 0. The third-order valence-electron chi connectivity index (χ3n) is 2.02. The van der Waals surface area contributed by atoms with E-state index >= 15 is 0 Å². The number of aromatic nitrogens is 1. The topological polar surface area (TPSA) is 24.9 Å². The van der Waals surface area contributed by atoms with Gasteiger partial charge in [-0.15, -0.1) is 24.8 Å². The van der Waals surface area contributed by atoms with Crippen LogP contribution in [-0.2, 0) is 6.54 Å². The van der Waals surface area contributed by atoms with Gasteiger partial charge in [0.1, 0.15) is 0 Å². The summed E-state index contributed by atoms with van der Waals surface area (Å²) in [5.41, 5.74) is 2.38. The Kier molecular flexibility index (Phi) is 7.34. The highest BCUT2D eigenvalue weighted by Gasteiger charge is 1.91. The molecule has 0 amide bonds. The molecule has 0 saturated carbocycles. The number of nitrogens with zero attached hydrogens (tertiary/aromatic N) is 1. The lowest BCUT2D eigenvalue weighted by Crippen LogP contribution is -1.98. The van der Waals surface area contributed by atoms with E-state index in [4.69, 9.17) is 0 Å². The van der Waals surface area contributed by atoms with Crippen molar-refractivity contribution in [3.05, 3.63) is 60.4 Å². The van der Waals surface area contributed by atoms with Gasteiger partial charge in [0.05, 0.1) is 0 Å². The minimum Gasteiger partial charge on any atom is -0.381 e. The highest BCUT2D eigenvalue weighted by molar-refractivity contribution is 5.85. The Morgan fingerprint density at radius 3 is 2.12 bits per heavy atom. The van der Waals surface area contributed by atoms with E-state index in [9.17, 15) is 0 Å². The standard InChI is InChI=1S/C12H12N2.2ClH/c1-2-4-11(5-3-1)10-14-12-6-8-13-9-7-12;;/h1-9H,10H2,(H,13,14);2*1H. The molecule has 0 unspecified atom stereocenters. The normalized spacial score (nSPS) is 8.50. The van der Waals surface area contributed by atoms with Gasteiger partial charge in [-0.3, -0.25) is 4.98 Å². The zero-order valence-electron chi connectivity index (χ0n) is 8.67. The van der Waals surface area contributed by atoms with E-state index in [0.717, 1.165) is 12.2 Å². The monoisotopic (exact) mass is 256 g/mol. The van der Waals surface area contributed by atoms with Gasteiger partial charge in [-0.1, -0.05) is 30.3 Å². The van der Waals surface area contributed by atoms with E-state index in [-0.39, 0.29) is 24.8 Å². The fraction of sp³-hybridized carbons (Fsp3) is 0.0833. The van der Waals surface area contributed by atoms with Crippen LogP contribution in [-0.4, -0.2) is 4.98 Å². The van der Waals surface area contributed by atoms with Crippen LogP contribution < -0.4 is 5.32 Å². The molecule has 0 radical (unpaired) electrons. The van der Waals surface area contributed by atoms with Crippen LogP contribution >= 0.6 is 24.8 Å². The first-order valence-electron chi connectivity index (χ1n) is 4.63. The second-order valence-corrected chi connectivity index (χ2v) is 3.08. The first-order chi connectivity index (χ1) is 6.95. The molecule has 0 saturated heterocycles. The summed E-state index contributed by atoms with van der Waals surface area (Å²) < 4.78 is 0. The fourth-order valence-electron chi connectivity index (χ4n) is 1.27. The van der Waals surface area contributed by atoms with Crippen molar-refractivity contribution < 1.29 is 0 Å². The lowest BCUT2D eigenvalue weighted by Gasteiger charge is -2.05. The molecule has 0 bridgehead atoms. The van der Waals surface area contributed by atoms with Crippen molar-refractivity contribution in [3.63, 3.8) is 0 Å². The Balaban J connectivity index is 0.00000112. The number of benzene rings is 1. The summed E-state index contributed by atoms with van der Waals surface area (Å²) in [6.07, 6.45) is 3.57. The summed E-state index contributed by atoms with van der Waals surface area (Å²) in [7, 11) is 0. The third kappa shape index (κ3) is 4.51. The molecule has 0 fully saturated rings. The van der Waals surface area contributed by atoms with Gasteiger partial charge in [0, 0.05) is 24.6 Å². The third-order valence-corrected chi connectivity index (χ3v) is 2.02. The largest absolute Gasteiger partial charge is 0.381 e. The maximum atomic E-state index is 3.96. The summed E-state index contributed by atoms with van der Waals surface area (Å²) in [5.74, 6) is 0. The first-order valence-corrected chi connectivity index (χ1v) is 4.63. The van der Waals surface area contributed by atoms with Gasteiger partial charge in [0.2, 0.25) is 0 Å². The number of rotatable bonds is 3. The quantitative estimate of drug-likeness (QED) is 0.909. The summed E-state index contributed by atoms with van der Waals surface area (Å²) in [6, 6.07) is 14.2. The molecule has 1 heterocycles. The first kappa shape index (κ1) is 14.8. The van der Waals surface area contributed by atoms with Gasteiger partial charge in [0.25, 0.3) is 0 Å². The van der Waals surface area contributed by atoms with Crippen LogP contribution in [0.2, 0.25) is 0 Å². The molecule has 1 aromatic heterocycles. The van der Waals surface area contributed by atoms with Gasteiger partial charge in [-0.2, -0.15) is 0 Å². The van der Waals surface area contributed by atoms with Crippen LogP contribution in [0.15, 0.2) is 54.9 Å². The van der Waals surface area contributed by atoms with E-state index in [1.54, 1.807) is 12.4 Å². The molecule has 86 valence electrons. The fourth-order valence-corrected chi connectivity index (χ4v) is 1.27. The molecular formula is C12H14Cl2N2. The maximum absolute atomic E-state index is 3.96. The van der Waals surface area contributed by atoms with Crippen LogP contribution in [0.5, 0.6) is 0 Å². The Bertz CT molecular complexity index is 339. The van der Waals surface area contributed by atoms with Crippen LogP contribution in [0.1, 0.15) is 5.56 Å². The van der Waals surface area contributed by atoms with Crippen molar-refractivity contribution in [1.29, 1.82) is 0 Å². The lowest BCUT2D eigenvalue weighted by molar-refractivity contribution is 1.14. The lowest BCUT2D eigenvalue weighted by atomic mass is 10.2. The Morgan fingerprint density at radius 1 is 0.875 bits per heavy atom. The molecule has 2 aromatic rings. The van der Waals surface area contributed by atoms with Crippen LogP contribution in [0.25, 0.3) is 0 Å². The molecule has 0 spiro atoms. The number of hydrogen-bond donors (Lipinski definition) is 1. The van der Waals surface area contributed by atoms with Gasteiger partial charge in [-0.25, -0.2) is 0 Å². The van der Waals surface area contributed by atoms with E-state index in [1.165, 1.54) is 5.56 Å². The molecule has 4 heteroatoms. The number of hydrogen-bond acceptors (Lipinski definition) is 2. The average Bonchev–Trinajstić information content (AvgIpc) is 2.29. The zero-order valence-corrected chi connectivity index (χ0v) is 10.3. The highest BCUT2D eigenvalue weighted by Crippen LogP contribution is 2.06. The average molecular weight is 257 g/mol. The number of nitrogens with one attached hydrogen (secondary N) is 1. The SMILES string of the molecule is Cl.Cl.c1ccc(CNc2ccncc2)cc1. The Morgan fingerprint density at radius 2 is 1.50 bits per heavy atom. The second-order valence-electron chi connectivity index (χ2n) is 3.08. The zero-order chi connectivity index (χ0) is 9.64. The van der Waals surface area contributed by atoms with Gasteiger partial charge in [0.15, 0.2) is 0 Å². The van der Waals surface area contributed by atoms with Gasteiger partial charge < -0.3 is 5.32 Å². The molecule has 16 heavy (non-hydrogen) atoms. The number of halogens is 2. The summed E-state index contributed by atoms with van der Waals surface area (Å²) in [5, 5.41) is 3.32. The summed E-state index contributed by atoms with van der Waals surface area (Å²) in [6.45, 7) is 0.852. The second kappa shape index (κ2) is 7.97. The molecular weight excluding hydrogens is 243 g/mol. The van der Waals surface area contributed by atoms with Crippen LogP contribution in [0, 0.1) is 0 Å². The number of anilines is 1. The van der Waals surface area contributed by atoms with Crippen molar-refractivity contribution in [2.45, 2.75) is 6.54 Å². The molecule has 1 N–H and O–H groups in total. The molecule has 1 aromatic carbocycles. The summed E-state index contributed by atoms with van der Waals surface area (Å²) >= 11 is 0. The summed E-state index contributed by atoms with van der Waals surface area (Å²) in [4.78, 5) is 3.96. The van der Waals surface area contributed by atoms with Crippen LogP contribution in [0.3, 0.4) is 0 Å². The van der Waals surface area contributed by atoms with Crippen molar-refractivity contribution in [2.75, 3.05) is 5.32 Å².